The average Bonchev–Trinajstić information content (AvgIpc) is 2.56. The smallest absolute Gasteiger partial charge is 0.226 e. The highest BCUT2D eigenvalue weighted by Crippen LogP contribution is 2.47. The van der Waals surface area contributed by atoms with E-state index in [1.807, 2.05) is 24.5 Å². The Balaban J connectivity index is 2.60. The molecule has 0 aliphatic heterocycles. The van der Waals surface area contributed by atoms with Crippen LogP contribution in [0.1, 0.15) is 64.8 Å². The molecule has 0 saturated carbocycles. The van der Waals surface area contributed by atoms with Crippen molar-refractivity contribution in [2.75, 3.05) is 6.54 Å². The first-order valence-electron chi connectivity index (χ1n) is 10.6. The Morgan fingerprint density at radius 3 is 2.28 bits per heavy atom. The van der Waals surface area contributed by atoms with Gasteiger partial charge < -0.3 is 9.74 Å². The molecule has 0 aliphatic carbocycles. The fourth-order valence-corrected chi connectivity index (χ4v) is 9.08. The van der Waals surface area contributed by atoms with Crippen LogP contribution in [0.25, 0.3) is 0 Å². The van der Waals surface area contributed by atoms with E-state index in [-0.39, 0.29) is 21.4 Å². The predicted octanol–water partition coefficient (Wildman–Crippen LogP) is 4.79. The van der Waals surface area contributed by atoms with Gasteiger partial charge in [-0.2, -0.15) is 0 Å². The van der Waals surface area contributed by atoms with Crippen molar-refractivity contribution in [2.24, 2.45) is 10.8 Å². The third kappa shape index (κ3) is 8.63. The van der Waals surface area contributed by atoms with Gasteiger partial charge in [0, 0.05) is 44.6 Å². The highest BCUT2D eigenvalue weighted by Gasteiger charge is 2.44. The lowest BCUT2D eigenvalue weighted by atomic mass is 9.64. The van der Waals surface area contributed by atoms with Crippen LogP contribution in [0, 0.1) is 10.8 Å². The van der Waals surface area contributed by atoms with Crippen LogP contribution in [0.4, 0.5) is 0 Å². The van der Waals surface area contributed by atoms with Gasteiger partial charge in [-0.25, -0.2) is 0 Å². The van der Waals surface area contributed by atoms with E-state index in [0.29, 0.717) is 6.54 Å². The number of hydrogen-bond acceptors (Lipinski definition) is 3. The Morgan fingerprint density at radius 1 is 1.21 bits per heavy atom. The summed E-state index contributed by atoms with van der Waals surface area (Å²) in [5.41, 5.74) is 0.535. The molecule has 4 nitrogen and oxygen atoms in total. The first kappa shape index (κ1) is 26.5. The first-order chi connectivity index (χ1) is 13.1. The van der Waals surface area contributed by atoms with Crippen LogP contribution in [-0.2, 0) is 9.22 Å². The standard InChI is InChI=1S/C22H41BrN2O2Si2/c1-20(2,16-18(23)17-10-13-24-14-11-17)21(3,4)19(26)25-12-9-15-29(7,8)27-22(5,6)28/h10-11,13-14,18H,9,12,15-16H2,1-8,28H3,(H,25,26). The number of halogens is 1. The lowest BCUT2D eigenvalue weighted by molar-refractivity contribution is -0.135. The van der Waals surface area contributed by atoms with Gasteiger partial charge in [-0.3, -0.25) is 9.78 Å². The van der Waals surface area contributed by atoms with Crippen molar-refractivity contribution in [2.45, 2.75) is 83.6 Å². The van der Waals surface area contributed by atoms with Gasteiger partial charge in [-0.05, 0) is 68.9 Å². The second-order valence-corrected chi connectivity index (χ2v) is 18.5. The maximum atomic E-state index is 13.0. The zero-order valence-corrected chi connectivity index (χ0v) is 24.4. The molecule has 0 aromatic carbocycles. The number of amides is 1. The monoisotopic (exact) mass is 500 g/mol. The quantitative estimate of drug-likeness (QED) is 0.270. The molecule has 0 fully saturated rings. The highest BCUT2D eigenvalue weighted by atomic mass is 79.9. The topological polar surface area (TPSA) is 51.2 Å². The number of carbonyl (C=O) groups is 1. The average molecular weight is 502 g/mol. The van der Waals surface area contributed by atoms with Crippen molar-refractivity contribution in [3.8, 4) is 0 Å². The lowest BCUT2D eigenvalue weighted by Gasteiger charge is -2.41. The molecule has 166 valence electrons. The molecular formula is C22H41BrN2O2Si2. The van der Waals surface area contributed by atoms with Gasteiger partial charge in [0.15, 0.2) is 8.32 Å². The van der Waals surface area contributed by atoms with Gasteiger partial charge in [0.2, 0.25) is 5.91 Å². The SMILES string of the molecule is CC(C)([SiH3])O[Si](C)(C)CCCNC(=O)C(C)(C)C(C)(C)CC(Br)c1ccncc1. The Kier molecular flexibility index (Phi) is 9.33. The molecule has 1 aromatic rings. The summed E-state index contributed by atoms with van der Waals surface area (Å²) in [5, 5.41) is 3.22. The summed E-state index contributed by atoms with van der Waals surface area (Å²) >= 11 is 3.81. The Labute approximate surface area is 190 Å². The minimum Gasteiger partial charge on any atom is -0.416 e. The Morgan fingerprint density at radius 2 is 1.76 bits per heavy atom. The summed E-state index contributed by atoms with van der Waals surface area (Å²) in [5.74, 6) is 0.126. The molecule has 0 radical (unpaired) electrons. The van der Waals surface area contributed by atoms with Crippen LogP contribution >= 0.6 is 15.9 Å². The highest BCUT2D eigenvalue weighted by molar-refractivity contribution is 9.09. The molecule has 7 heteroatoms. The molecule has 0 spiro atoms. The number of rotatable bonds is 11. The van der Waals surface area contributed by atoms with Gasteiger partial charge in [-0.15, -0.1) is 0 Å². The van der Waals surface area contributed by atoms with E-state index < -0.39 is 13.7 Å². The van der Waals surface area contributed by atoms with Crippen molar-refractivity contribution in [3.05, 3.63) is 30.1 Å². The second kappa shape index (κ2) is 10.2. The summed E-state index contributed by atoms with van der Waals surface area (Å²) in [6, 6.07) is 5.11. The van der Waals surface area contributed by atoms with E-state index in [1.165, 1.54) is 5.56 Å². The molecule has 1 heterocycles. The zero-order valence-electron chi connectivity index (χ0n) is 19.9. The van der Waals surface area contributed by atoms with Gasteiger partial charge in [0.1, 0.15) is 0 Å². The molecule has 1 N–H and O–H groups in total. The fraction of sp³-hybridized carbons (Fsp3) is 0.727. The zero-order chi connectivity index (χ0) is 22.5. The molecule has 1 rings (SSSR count). The van der Waals surface area contributed by atoms with Gasteiger partial charge in [-0.1, -0.05) is 43.6 Å². The molecule has 0 bridgehead atoms. The number of pyridine rings is 1. The third-order valence-electron chi connectivity index (χ3n) is 5.84. The van der Waals surface area contributed by atoms with Crippen LogP contribution in [0.15, 0.2) is 24.5 Å². The maximum Gasteiger partial charge on any atom is 0.226 e. The van der Waals surface area contributed by atoms with Crippen LogP contribution in [0.3, 0.4) is 0 Å². The first-order valence-corrected chi connectivity index (χ1v) is 15.6. The van der Waals surface area contributed by atoms with Gasteiger partial charge >= 0.3 is 0 Å². The number of nitrogens with one attached hydrogen (secondary N) is 1. The third-order valence-corrected chi connectivity index (χ3v) is 10.0. The summed E-state index contributed by atoms with van der Waals surface area (Å²) < 4.78 is 6.32. The van der Waals surface area contributed by atoms with E-state index in [9.17, 15) is 4.79 Å². The predicted molar refractivity (Wildman–Crippen MR) is 133 cm³/mol. The number of nitrogens with zero attached hydrogens (tertiary/aromatic N) is 1. The van der Waals surface area contributed by atoms with E-state index in [4.69, 9.17) is 4.43 Å². The van der Waals surface area contributed by atoms with E-state index in [0.717, 1.165) is 29.1 Å². The molecule has 1 amide bonds. The lowest BCUT2D eigenvalue weighted by Crippen LogP contribution is -2.47. The summed E-state index contributed by atoms with van der Waals surface area (Å²) in [6.45, 7) is 18.1. The second-order valence-electron chi connectivity index (χ2n) is 10.8. The summed E-state index contributed by atoms with van der Waals surface area (Å²) in [7, 11) is -0.652. The normalized spacial score (nSPS) is 14.7. The number of aromatic nitrogens is 1. The molecule has 0 aliphatic rings. The fourth-order valence-electron chi connectivity index (χ4n) is 3.52. The maximum absolute atomic E-state index is 13.0. The number of alkyl halides is 1. The Bertz CT molecular complexity index is 659. The van der Waals surface area contributed by atoms with Crippen molar-refractivity contribution in [3.63, 3.8) is 0 Å². The van der Waals surface area contributed by atoms with Crippen LogP contribution in [0.2, 0.25) is 19.1 Å². The van der Waals surface area contributed by atoms with Crippen molar-refractivity contribution < 1.29 is 9.22 Å². The molecule has 1 unspecified atom stereocenters. The van der Waals surface area contributed by atoms with Crippen molar-refractivity contribution >= 4 is 40.4 Å². The van der Waals surface area contributed by atoms with Crippen molar-refractivity contribution in [1.82, 2.24) is 10.3 Å². The molecule has 0 saturated heterocycles. The van der Waals surface area contributed by atoms with E-state index >= 15 is 0 Å². The largest absolute Gasteiger partial charge is 0.416 e. The minimum atomic E-state index is -1.68. The van der Waals surface area contributed by atoms with E-state index in [1.54, 1.807) is 0 Å². The van der Waals surface area contributed by atoms with Crippen LogP contribution in [-0.4, -0.2) is 41.2 Å². The number of carbonyl (C=O) groups excluding carboxylic acids is 1. The van der Waals surface area contributed by atoms with Crippen LogP contribution < -0.4 is 5.32 Å². The summed E-state index contributed by atoms with van der Waals surface area (Å²) in [6.07, 6.45) is 5.45. The molecule has 29 heavy (non-hydrogen) atoms. The van der Waals surface area contributed by atoms with Crippen molar-refractivity contribution in [1.29, 1.82) is 0 Å². The molecular weight excluding hydrogens is 460 g/mol. The molecule has 1 atom stereocenters. The summed E-state index contributed by atoms with van der Waals surface area (Å²) in [4.78, 5) is 17.3. The number of hydrogen-bond donors (Lipinski definition) is 1. The van der Waals surface area contributed by atoms with E-state index in [2.05, 4.69) is 80.9 Å². The molecule has 1 aromatic heterocycles. The minimum absolute atomic E-state index is 0.0338. The van der Waals surface area contributed by atoms with Gasteiger partial charge in [0.25, 0.3) is 0 Å². The van der Waals surface area contributed by atoms with Gasteiger partial charge in [0.05, 0.1) is 0 Å². The Hall–Kier alpha value is -0.506. The van der Waals surface area contributed by atoms with Crippen LogP contribution in [0.5, 0.6) is 0 Å².